The highest BCUT2D eigenvalue weighted by atomic mass is 79.9. The minimum absolute atomic E-state index is 0.0829. The van der Waals surface area contributed by atoms with Crippen LogP contribution in [0.15, 0.2) is 33.4 Å². The number of amides is 1. The Hall–Kier alpha value is -0.650. The predicted molar refractivity (Wildman–Crippen MR) is 72.1 cm³/mol. The van der Waals surface area contributed by atoms with E-state index in [0.717, 1.165) is 9.35 Å². The molecular formula is C11H10BrNOS2. The van der Waals surface area contributed by atoms with Crippen molar-refractivity contribution in [3.63, 3.8) is 0 Å². The zero-order valence-electron chi connectivity index (χ0n) is 8.64. The highest BCUT2D eigenvalue weighted by Crippen LogP contribution is 2.21. The number of nitrogens with zero attached hydrogens (tertiary/aromatic N) is 1. The van der Waals surface area contributed by atoms with E-state index in [1.165, 1.54) is 16.2 Å². The molecule has 0 unspecified atom stereocenters. The lowest BCUT2D eigenvalue weighted by atomic mass is 10.4. The van der Waals surface area contributed by atoms with Crippen LogP contribution in [0, 0.1) is 0 Å². The van der Waals surface area contributed by atoms with Gasteiger partial charge in [0.25, 0.3) is 5.91 Å². The molecule has 2 nitrogen and oxygen atoms in total. The highest BCUT2D eigenvalue weighted by Gasteiger charge is 2.13. The van der Waals surface area contributed by atoms with Crippen molar-refractivity contribution >= 4 is 44.5 Å². The van der Waals surface area contributed by atoms with Crippen LogP contribution in [-0.4, -0.2) is 17.9 Å². The summed E-state index contributed by atoms with van der Waals surface area (Å²) in [6.07, 6.45) is 0. The van der Waals surface area contributed by atoms with Crippen molar-refractivity contribution < 1.29 is 4.79 Å². The monoisotopic (exact) mass is 315 g/mol. The van der Waals surface area contributed by atoms with Crippen molar-refractivity contribution in [3.05, 3.63) is 43.2 Å². The fraction of sp³-hybridized carbons (Fsp3) is 0.182. The van der Waals surface area contributed by atoms with Crippen LogP contribution in [0.4, 0.5) is 0 Å². The van der Waals surface area contributed by atoms with E-state index in [4.69, 9.17) is 0 Å². The first-order valence-corrected chi connectivity index (χ1v) is 7.24. The zero-order chi connectivity index (χ0) is 11.5. The zero-order valence-corrected chi connectivity index (χ0v) is 11.9. The molecule has 0 aliphatic rings. The lowest BCUT2D eigenvalue weighted by molar-refractivity contribution is 0.0791. The van der Waals surface area contributed by atoms with E-state index in [0.29, 0.717) is 6.54 Å². The van der Waals surface area contributed by atoms with Crippen LogP contribution in [0.3, 0.4) is 0 Å². The molecule has 5 heteroatoms. The molecule has 84 valence electrons. The van der Waals surface area contributed by atoms with Crippen molar-refractivity contribution in [2.75, 3.05) is 7.05 Å². The van der Waals surface area contributed by atoms with Gasteiger partial charge < -0.3 is 4.90 Å². The third-order valence-corrected chi connectivity index (χ3v) is 4.63. The Kier molecular flexibility index (Phi) is 3.78. The second kappa shape index (κ2) is 5.12. The van der Waals surface area contributed by atoms with Gasteiger partial charge in [-0.15, -0.1) is 22.7 Å². The van der Waals surface area contributed by atoms with Gasteiger partial charge in [-0.25, -0.2) is 0 Å². The van der Waals surface area contributed by atoms with Gasteiger partial charge in [0, 0.05) is 21.8 Å². The van der Waals surface area contributed by atoms with Crippen LogP contribution in [0.25, 0.3) is 0 Å². The molecule has 2 rings (SSSR count). The third-order valence-electron chi connectivity index (χ3n) is 2.09. The van der Waals surface area contributed by atoms with Crippen molar-refractivity contribution in [1.82, 2.24) is 4.90 Å². The molecule has 0 saturated carbocycles. The van der Waals surface area contributed by atoms with E-state index in [-0.39, 0.29) is 5.91 Å². The van der Waals surface area contributed by atoms with Crippen LogP contribution >= 0.6 is 38.6 Å². The molecule has 0 N–H and O–H groups in total. The van der Waals surface area contributed by atoms with Crippen molar-refractivity contribution in [2.24, 2.45) is 0 Å². The van der Waals surface area contributed by atoms with Crippen LogP contribution in [-0.2, 0) is 6.54 Å². The van der Waals surface area contributed by atoms with E-state index in [2.05, 4.69) is 15.9 Å². The summed E-state index contributed by atoms with van der Waals surface area (Å²) in [6.45, 7) is 0.660. The first-order valence-electron chi connectivity index (χ1n) is 4.68. The first-order chi connectivity index (χ1) is 7.66. The highest BCUT2D eigenvalue weighted by molar-refractivity contribution is 9.10. The number of thiophene rings is 2. The Morgan fingerprint density at radius 3 is 2.88 bits per heavy atom. The summed E-state index contributed by atoms with van der Waals surface area (Å²) < 4.78 is 1.07. The molecular weight excluding hydrogens is 306 g/mol. The van der Waals surface area contributed by atoms with E-state index in [1.807, 2.05) is 36.0 Å². The van der Waals surface area contributed by atoms with Crippen molar-refractivity contribution in [2.45, 2.75) is 6.54 Å². The molecule has 0 aromatic carbocycles. The van der Waals surface area contributed by atoms with Crippen LogP contribution in [0.1, 0.15) is 14.5 Å². The summed E-state index contributed by atoms with van der Waals surface area (Å²) in [5.74, 6) is 0.0829. The number of hydrogen-bond donors (Lipinski definition) is 0. The summed E-state index contributed by atoms with van der Waals surface area (Å²) in [5.41, 5.74) is 0. The Balaban J connectivity index is 2.03. The van der Waals surface area contributed by atoms with E-state index >= 15 is 0 Å². The molecule has 1 amide bonds. The summed E-state index contributed by atoms with van der Waals surface area (Å²) in [6, 6.07) is 5.80. The van der Waals surface area contributed by atoms with Crippen LogP contribution in [0.5, 0.6) is 0 Å². The molecule has 0 radical (unpaired) electrons. The Morgan fingerprint density at radius 2 is 2.31 bits per heavy atom. The minimum Gasteiger partial charge on any atom is -0.336 e. The van der Waals surface area contributed by atoms with Gasteiger partial charge in [0.2, 0.25) is 0 Å². The number of carbonyl (C=O) groups excluding carboxylic acids is 1. The van der Waals surface area contributed by atoms with Crippen LogP contribution < -0.4 is 0 Å². The number of halogens is 1. The maximum absolute atomic E-state index is 11.9. The fourth-order valence-electron chi connectivity index (χ4n) is 1.33. The number of carbonyl (C=O) groups is 1. The molecule has 2 aromatic heterocycles. The van der Waals surface area contributed by atoms with Gasteiger partial charge >= 0.3 is 0 Å². The van der Waals surface area contributed by atoms with Gasteiger partial charge in [-0.05, 0) is 33.4 Å². The topological polar surface area (TPSA) is 20.3 Å². The van der Waals surface area contributed by atoms with Gasteiger partial charge in [0.05, 0.1) is 11.4 Å². The summed E-state index contributed by atoms with van der Waals surface area (Å²) in [4.78, 5) is 15.7. The van der Waals surface area contributed by atoms with E-state index in [9.17, 15) is 4.79 Å². The lowest BCUT2D eigenvalue weighted by Gasteiger charge is -2.14. The molecule has 0 aliphatic carbocycles. The molecule has 0 bridgehead atoms. The van der Waals surface area contributed by atoms with Crippen LogP contribution in [0.2, 0.25) is 0 Å². The Bertz CT molecular complexity index is 478. The first kappa shape index (κ1) is 11.8. The summed E-state index contributed by atoms with van der Waals surface area (Å²) in [5, 5.41) is 3.95. The maximum atomic E-state index is 11.9. The number of rotatable bonds is 3. The van der Waals surface area contributed by atoms with E-state index in [1.54, 1.807) is 16.2 Å². The van der Waals surface area contributed by atoms with Gasteiger partial charge in [0.1, 0.15) is 0 Å². The predicted octanol–water partition coefficient (Wildman–Crippen LogP) is 3.84. The minimum atomic E-state index is 0.0829. The average Bonchev–Trinajstić information content (AvgIpc) is 2.88. The van der Waals surface area contributed by atoms with Gasteiger partial charge in [-0.3, -0.25) is 4.79 Å². The molecule has 2 aromatic rings. The van der Waals surface area contributed by atoms with E-state index < -0.39 is 0 Å². The lowest BCUT2D eigenvalue weighted by Crippen LogP contribution is -2.24. The van der Waals surface area contributed by atoms with Gasteiger partial charge in [-0.1, -0.05) is 6.07 Å². The smallest absolute Gasteiger partial charge is 0.263 e. The number of hydrogen-bond acceptors (Lipinski definition) is 3. The molecule has 0 saturated heterocycles. The normalized spacial score (nSPS) is 10.4. The van der Waals surface area contributed by atoms with Gasteiger partial charge in [-0.2, -0.15) is 0 Å². The SMILES string of the molecule is CN(Cc1cc(Br)cs1)C(=O)c1cccs1. The molecule has 0 spiro atoms. The van der Waals surface area contributed by atoms with Crippen molar-refractivity contribution in [3.8, 4) is 0 Å². The largest absolute Gasteiger partial charge is 0.336 e. The Labute approximate surface area is 111 Å². The summed E-state index contributed by atoms with van der Waals surface area (Å²) >= 11 is 6.54. The fourth-order valence-corrected chi connectivity index (χ4v) is 3.55. The second-order valence-electron chi connectivity index (χ2n) is 3.37. The average molecular weight is 316 g/mol. The molecule has 0 aliphatic heterocycles. The molecule has 16 heavy (non-hydrogen) atoms. The quantitative estimate of drug-likeness (QED) is 0.842. The molecule has 0 atom stereocenters. The Morgan fingerprint density at radius 1 is 1.50 bits per heavy atom. The third kappa shape index (κ3) is 2.72. The molecule has 2 heterocycles. The second-order valence-corrected chi connectivity index (χ2v) is 6.23. The summed E-state index contributed by atoms with van der Waals surface area (Å²) in [7, 11) is 1.83. The van der Waals surface area contributed by atoms with Gasteiger partial charge in [0.15, 0.2) is 0 Å². The standard InChI is InChI=1S/C11H10BrNOS2/c1-13(6-9-5-8(12)7-16-9)11(14)10-3-2-4-15-10/h2-5,7H,6H2,1H3. The molecule has 0 fully saturated rings. The maximum Gasteiger partial charge on any atom is 0.263 e. The van der Waals surface area contributed by atoms with Crippen molar-refractivity contribution in [1.29, 1.82) is 0 Å².